The van der Waals surface area contributed by atoms with Crippen LogP contribution in [0.3, 0.4) is 0 Å². The van der Waals surface area contributed by atoms with Gasteiger partial charge in [0, 0.05) is 6.42 Å². The Bertz CT molecular complexity index is 340. The summed E-state index contributed by atoms with van der Waals surface area (Å²) < 4.78 is 59.1. The van der Waals surface area contributed by atoms with Crippen LogP contribution in [-0.2, 0) is 20.6 Å². The Morgan fingerprint density at radius 3 is 1.73 bits per heavy atom. The molecule has 9 heteroatoms. The summed E-state index contributed by atoms with van der Waals surface area (Å²) in [5.41, 5.74) is 0. The molecule has 0 saturated carbocycles. The van der Waals surface area contributed by atoms with Crippen LogP contribution in [0.1, 0.15) is 32.6 Å². The number of rotatable bonds is 7. The van der Waals surface area contributed by atoms with E-state index in [9.17, 15) is 16.8 Å². The van der Waals surface area contributed by atoms with Crippen LogP contribution in [0, 0.1) is 0 Å². The quantitative estimate of drug-likeness (QED) is 0.387. The summed E-state index contributed by atoms with van der Waals surface area (Å²) in [6.45, 7) is 1.49. The van der Waals surface area contributed by atoms with Crippen LogP contribution in [0.2, 0.25) is 0 Å². The molecule has 0 atom stereocenters. The zero-order chi connectivity index (χ0) is 12.1. The third-order valence-corrected chi connectivity index (χ3v) is 4.23. The van der Waals surface area contributed by atoms with Gasteiger partial charge in [0.05, 0.1) is 0 Å². The molecule has 0 aliphatic carbocycles. The van der Waals surface area contributed by atoms with Crippen molar-refractivity contribution in [3.63, 3.8) is 0 Å². The Balaban J connectivity index is 4.44. The lowest BCUT2D eigenvalue weighted by atomic mass is 10.2. The Morgan fingerprint density at radius 1 is 0.933 bits per heavy atom. The fraction of sp³-hybridized carbons (Fsp3) is 1.00. The van der Waals surface area contributed by atoms with Gasteiger partial charge in [0.2, 0.25) is 0 Å². The summed E-state index contributed by atoms with van der Waals surface area (Å²) in [6.07, 6.45) is 2.61. The molecule has 0 amide bonds. The molecule has 0 bridgehead atoms. The largest absolute Gasteiger partial charge is 0.499 e. The van der Waals surface area contributed by atoms with E-state index in [-0.39, 0.29) is 10.1 Å². The molecule has 1 radical (unpaired) electrons. The smallest absolute Gasteiger partial charge is 0.236 e. The van der Waals surface area contributed by atoms with Crippen molar-refractivity contribution < 1.29 is 25.9 Å². The van der Waals surface area contributed by atoms with Gasteiger partial charge in [-0.3, -0.25) is 0 Å². The first kappa shape index (κ1) is 14.8. The number of nitrogens with zero attached hydrogens (tertiary/aromatic N) is 1. The first-order valence-corrected chi connectivity index (χ1v) is 7.21. The SMILES string of the molecule is CCCCCC[N+](S(=O)(=O)O)S(=O)(=O)O. The van der Waals surface area contributed by atoms with E-state index >= 15 is 0 Å². The van der Waals surface area contributed by atoms with E-state index in [1.54, 1.807) is 0 Å². The highest BCUT2D eigenvalue weighted by Crippen LogP contribution is 2.05. The maximum absolute atomic E-state index is 10.6. The van der Waals surface area contributed by atoms with Gasteiger partial charge < -0.3 is 0 Å². The number of unbranched alkanes of at least 4 members (excludes halogenated alkanes) is 3. The Kier molecular flexibility index (Phi) is 5.67. The molecule has 0 aromatic carbocycles. The van der Waals surface area contributed by atoms with Crippen molar-refractivity contribution in [1.82, 2.24) is 3.71 Å². The van der Waals surface area contributed by atoms with Gasteiger partial charge in [-0.25, -0.2) is 9.11 Å². The van der Waals surface area contributed by atoms with Crippen LogP contribution in [0.25, 0.3) is 0 Å². The van der Waals surface area contributed by atoms with E-state index in [1.807, 2.05) is 6.92 Å². The molecule has 91 valence electrons. The second-order valence-corrected chi connectivity index (χ2v) is 5.92. The van der Waals surface area contributed by atoms with Crippen molar-refractivity contribution in [2.24, 2.45) is 0 Å². The molecule has 0 aliphatic heterocycles. The molecular formula is C6H15NO6S2+. The molecule has 0 aromatic rings. The fourth-order valence-corrected chi connectivity index (χ4v) is 2.69. The maximum Gasteiger partial charge on any atom is 0.499 e. The molecule has 0 aliphatic rings. The zero-order valence-corrected chi connectivity index (χ0v) is 9.96. The van der Waals surface area contributed by atoms with Crippen LogP contribution in [-0.4, -0.2) is 32.5 Å². The summed E-state index contributed by atoms with van der Waals surface area (Å²) in [5, 5.41) is 0. The minimum atomic E-state index is -4.91. The zero-order valence-electron chi connectivity index (χ0n) is 8.33. The summed E-state index contributed by atoms with van der Waals surface area (Å²) in [6, 6.07) is 0. The number of hydrogen-bond donors (Lipinski definition) is 2. The van der Waals surface area contributed by atoms with Gasteiger partial charge in [0.15, 0.2) is 6.54 Å². The van der Waals surface area contributed by atoms with Gasteiger partial charge in [0.25, 0.3) is 0 Å². The van der Waals surface area contributed by atoms with E-state index < -0.39 is 27.2 Å². The summed E-state index contributed by atoms with van der Waals surface area (Å²) in [4.78, 5) is 0. The lowest BCUT2D eigenvalue weighted by Gasteiger charge is -2.02. The minimum absolute atomic E-state index is 0.257. The summed E-state index contributed by atoms with van der Waals surface area (Å²) in [5.74, 6) is 0. The van der Waals surface area contributed by atoms with Gasteiger partial charge >= 0.3 is 20.6 Å². The molecule has 0 heterocycles. The third kappa shape index (κ3) is 6.05. The van der Waals surface area contributed by atoms with Crippen molar-refractivity contribution in [1.29, 1.82) is 0 Å². The Hall–Kier alpha value is -0.220. The van der Waals surface area contributed by atoms with E-state index in [1.165, 1.54) is 0 Å². The molecule has 0 spiro atoms. The van der Waals surface area contributed by atoms with Crippen LogP contribution in [0.15, 0.2) is 0 Å². The van der Waals surface area contributed by atoms with Gasteiger partial charge in [-0.05, 0) is 6.42 Å². The lowest BCUT2D eigenvalue weighted by molar-refractivity contribution is 0.415. The van der Waals surface area contributed by atoms with Crippen molar-refractivity contribution in [2.75, 3.05) is 6.54 Å². The average molecular weight is 261 g/mol. The van der Waals surface area contributed by atoms with Crippen LogP contribution < -0.4 is 3.71 Å². The minimum Gasteiger partial charge on any atom is -0.236 e. The van der Waals surface area contributed by atoms with Crippen molar-refractivity contribution >= 4 is 20.6 Å². The van der Waals surface area contributed by atoms with Gasteiger partial charge in [-0.2, -0.15) is 0 Å². The molecule has 0 unspecified atom stereocenters. The topological polar surface area (TPSA) is 115 Å². The van der Waals surface area contributed by atoms with Crippen LogP contribution in [0.5, 0.6) is 0 Å². The monoisotopic (exact) mass is 261 g/mol. The highest BCUT2D eigenvalue weighted by atomic mass is 32.3. The predicted octanol–water partition coefficient (Wildman–Crippen LogP) is 0.312. The van der Waals surface area contributed by atoms with E-state index in [4.69, 9.17) is 9.11 Å². The van der Waals surface area contributed by atoms with Crippen LogP contribution in [0.4, 0.5) is 0 Å². The van der Waals surface area contributed by atoms with Crippen molar-refractivity contribution in [3.8, 4) is 0 Å². The molecule has 7 nitrogen and oxygen atoms in total. The third-order valence-electron chi connectivity index (χ3n) is 1.71. The molecular weight excluding hydrogens is 246 g/mol. The Morgan fingerprint density at radius 2 is 1.40 bits per heavy atom. The van der Waals surface area contributed by atoms with Gasteiger partial charge in [-0.1, -0.05) is 19.8 Å². The summed E-state index contributed by atoms with van der Waals surface area (Å²) >= 11 is 0. The first-order chi connectivity index (χ1) is 6.69. The average Bonchev–Trinajstić information content (AvgIpc) is 1.99. The highest BCUT2D eigenvalue weighted by molar-refractivity contribution is 8.00. The molecule has 15 heavy (non-hydrogen) atoms. The van der Waals surface area contributed by atoms with E-state index in [2.05, 4.69) is 0 Å². The van der Waals surface area contributed by atoms with E-state index in [0.29, 0.717) is 6.42 Å². The molecule has 0 aromatic heterocycles. The molecule has 0 rings (SSSR count). The standard InChI is InChI=1S/C6H15NO6S2/c1-2-3-4-5-6-7(14(8,9)10)15(11,12)13/h2-6H2,1H3,(H,8,9,10)(H,11,12,13)/q+1. The Labute approximate surface area is 89.9 Å². The van der Waals surface area contributed by atoms with Crippen molar-refractivity contribution in [3.05, 3.63) is 0 Å². The molecule has 2 N–H and O–H groups in total. The maximum atomic E-state index is 10.6. The lowest BCUT2D eigenvalue weighted by Crippen LogP contribution is -2.42. The van der Waals surface area contributed by atoms with Gasteiger partial charge in [-0.15, -0.1) is 16.8 Å². The normalized spacial score (nSPS) is 13.3. The highest BCUT2D eigenvalue weighted by Gasteiger charge is 2.43. The van der Waals surface area contributed by atoms with Crippen LogP contribution >= 0.6 is 0 Å². The number of hydrogen-bond acceptors (Lipinski definition) is 4. The predicted molar refractivity (Wildman–Crippen MR) is 54.2 cm³/mol. The first-order valence-electron chi connectivity index (χ1n) is 4.42. The van der Waals surface area contributed by atoms with Gasteiger partial charge in [0.1, 0.15) is 3.71 Å². The molecule has 0 fully saturated rings. The van der Waals surface area contributed by atoms with E-state index in [0.717, 1.165) is 12.8 Å². The second kappa shape index (κ2) is 5.75. The molecule has 0 saturated heterocycles. The summed E-state index contributed by atoms with van der Waals surface area (Å²) in [7, 11) is -9.83. The fourth-order valence-electron chi connectivity index (χ4n) is 1.02. The van der Waals surface area contributed by atoms with Crippen molar-refractivity contribution in [2.45, 2.75) is 32.6 Å². The second-order valence-electron chi connectivity index (χ2n) is 3.01.